The fourth-order valence-corrected chi connectivity index (χ4v) is 2.55. The van der Waals surface area contributed by atoms with E-state index in [0.717, 1.165) is 0 Å². The van der Waals surface area contributed by atoms with Gasteiger partial charge in [0.15, 0.2) is 17.5 Å². The van der Waals surface area contributed by atoms with E-state index >= 15 is 0 Å². The zero-order chi connectivity index (χ0) is 20.9. The van der Waals surface area contributed by atoms with E-state index in [1.165, 1.54) is 0 Å². The van der Waals surface area contributed by atoms with Gasteiger partial charge in [-0.2, -0.15) is 0 Å². The molecule has 0 radical (unpaired) electrons. The molecule has 0 fully saturated rings. The van der Waals surface area contributed by atoms with Crippen molar-refractivity contribution >= 4 is 0 Å². The lowest BCUT2D eigenvalue weighted by molar-refractivity contribution is 1.03. The third kappa shape index (κ3) is 3.73. The summed E-state index contributed by atoms with van der Waals surface area (Å²) in [6.45, 7) is 0. The van der Waals surface area contributed by atoms with Crippen LogP contribution in [0.15, 0.2) is 55.0 Å². The van der Waals surface area contributed by atoms with Crippen LogP contribution in [-0.4, -0.2) is 29.9 Å². The summed E-state index contributed by atoms with van der Waals surface area (Å²) in [6.07, 6.45) is 21.0. The van der Waals surface area contributed by atoms with Gasteiger partial charge in [0, 0.05) is 35.3 Å². The molecule has 4 aromatic heterocycles. The van der Waals surface area contributed by atoms with E-state index in [1.54, 1.807) is 55.0 Å². The summed E-state index contributed by atoms with van der Waals surface area (Å²) in [7, 11) is 0. The molecular formula is C24H12N6. The second kappa shape index (κ2) is 8.02. The maximum absolute atomic E-state index is 5.41. The molecule has 30 heavy (non-hydrogen) atoms. The maximum atomic E-state index is 5.41. The fraction of sp³-hybridized carbons (Fsp3) is 0. The van der Waals surface area contributed by atoms with Gasteiger partial charge < -0.3 is 0 Å². The van der Waals surface area contributed by atoms with Gasteiger partial charge in [0.1, 0.15) is 17.1 Å². The molecule has 0 aliphatic carbocycles. The first-order valence-electron chi connectivity index (χ1n) is 8.75. The average Bonchev–Trinajstić information content (AvgIpc) is 2.84. The van der Waals surface area contributed by atoms with Crippen LogP contribution in [-0.2, 0) is 0 Å². The van der Waals surface area contributed by atoms with Crippen molar-refractivity contribution in [1.82, 2.24) is 29.9 Å². The monoisotopic (exact) mass is 384 g/mol. The Balaban J connectivity index is 1.87. The number of terminal acetylenes is 3. The fourth-order valence-electron chi connectivity index (χ4n) is 2.55. The van der Waals surface area contributed by atoms with Crippen LogP contribution in [0.25, 0.3) is 34.6 Å². The summed E-state index contributed by atoms with van der Waals surface area (Å²) >= 11 is 0. The van der Waals surface area contributed by atoms with Crippen LogP contribution in [0.2, 0.25) is 0 Å². The molecule has 0 amide bonds. The van der Waals surface area contributed by atoms with E-state index in [2.05, 4.69) is 47.7 Å². The van der Waals surface area contributed by atoms with Crippen molar-refractivity contribution in [3.05, 3.63) is 71.7 Å². The van der Waals surface area contributed by atoms with E-state index < -0.39 is 0 Å². The van der Waals surface area contributed by atoms with E-state index in [1.807, 2.05) is 0 Å². The third-order valence-electron chi connectivity index (χ3n) is 4.11. The summed E-state index contributed by atoms with van der Waals surface area (Å²) in [5, 5.41) is 0. The number of hydrogen-bond donors (Lipinski definition) is 0. The minimum Gasteiger partial charge on any atom is -0.252 e. The van der Waals surface area contributed by atoms with Gasteiger partial charge in [0.25, 0.3) is 0 Å². The van der Waals surface area contributed by atoms with Gasteiger partial charge in [-0.1, -0.05) is 17.8 Å². The van der Waals surface area contributed by atoms with Gasteiger partial charge in [0.05, 0.1) is 0 Å². The lowest BCUT2D eigenvalue weighted by Crippen LogP contribution is -2.03. The second-order valence-electron chi connectivity index (χ2n) is 6.04. The van der Waals surface area contributed by atoms with Crippen molar-refractivity contribution < 1.29 is 0 Å². The first kappa shape index (κ1) is 18.5. The summed E-state index contributed by atoms with van der Waals surface area (Å²) in [4.78, 5) is 26.7. The normalized spacial score (nSPS) is 9.90. The molecule has 6 nitrogen and oxygen atoms in total. The second-order valence-corrected chi connectivity index (χ2v) is 6.04. The molecule has 4 aromatic rings. The number of hydrogen-bond acceptors (Lipinski definition) is 6. The molecule has 0 atom stereocenters. The molecule has 138 valence electrons. The molecule has 0 saturated heterocycles. The van der Waals surface area contributed by atoms with Crippen LogP contribution in [0.1, 0.15) is 16.7 Å². The lowest BCUT2D eigenvalue weighted by atomic mass is 10.2. The minimum atomic E-state index is 0.365. The van der Waals surface area contributed by atoms with E-state index in [4.69, 9.17) is 19.3 Å². The van der Waals surface area contributed by atoms with E-state index in [0.29, 0.717) is 51.2 Å². The van der Waals surface area contributed by atoms with Gasteiger partial charge in [-0.15, -0.1) is 19.3 Å². The Morgan fingerprint density at radius 3 is 0.967 bits per heavy atom. The standard InChI is InChI=1S/C24H12N6/c1-4-16-7-10-19(25-13-16)22-28-23(20-11-8-17(5-2)14-26-20)30-24(29-22)21-12-9-18(6-3)15-27-21/h1-3,7-15H. The molecule has 0 unspecified atom stereocenters. The Morgan fingerprint density at radius 1 is 0.467 bits per heavy atom. The Kier molecular flexibility index (Phi) is 4.95. The highest BCUT2D eigenvalue weighted by Crippen LogP contribution is 2.22. The van der Waals surface area contributed by atoms with E-state index in [-0.39, 0.29) is 0 Å². The Bertz CT molecular complexity index is 1150. The zero-order valence-corrected chi connectivity index (χ0v) is 15.6. The molecule has 0 spiro atoms. The first-order valence-corrected chi connectivity index (χ1v) is 8.75. The highest BCUT2D eigenvalue weighted by atomic mass is 15.1. The van der Waals surface area contributed by atoms with Gasteiger partial charge in [-0.25, -0.2) is 15.0 Å². The average molecular weight is 384 g/mol. The molecule has 6 heteroatoms. The van der Waals surface area contributed by atoms with Crippen LogP contribution in [0, 0.1) is 37.0 Å². The molecule has 0 N–H and O–H groups in total. The Hall–Kier alpha value is -4.86. The van der Waals surface area contributed by atoms with Gasteiger partial charge >= 0.3 is 0 Å². The molecule has 0 bridgehead atoms. The zero-order valence-electron chi connectivity index (χ0n) is 15.6. The number of rotatable bonds is 3. The summed E-state index contributed by atoms with van der Waals surface area (Å²) in [5.41, 5.74) is 3.60. The predicted molar refractivity (Wildman–Crippen MR) is 113 cm³/mol. The third-order valence-corrected chi connectivity index (χ3v) is 4.11. The van der Waals surface area contributed by atoms with Crippen LogP contribution in [0.3, 0.4) is 0 Å². The lowest BCUT2D eigenvalue weighted by Gasteiger charge is -2.07. The molecule has 0 aromatic carbocycles. The topological polar surface area (TPSA) is 77.3 Å². The smallest absolute Gasteiger partial charge is 0.182 e. The minimum absolute atomic E-state index is 0.365. The quantitative estimate of drug-likeness (QED) is 0.506. The summed E-state index contributed by atoms with van der Waals surface area (Å²) < 4.78 is 0. The maximum Gasteiger partial charge on any atom is 0.182 e. The van der Waals surface area contributed by atoms with Crippen molar-refractivity contribution in [1.29, 1.82) is 0 Å². The van der Waals surface area contributed by atoms with Crippen molar-refractivity contribution in [2.24, 2.45) is 0 Å². The summed E-state index contributed by atoms with van der Waals surface area (Å²) in [5.74, 6) is 8.70. The highest BCUT2D eigenvalue weighted by Gasteiger charge is 2.14. The number of pyridine rings is 3. The Morgan fingerprint density at radius 2 is 0.767 bits per heavy atom. The highest BCUT2D eigenvalue weighted by molar-refractivity contribution is 5.62. The number of nitrogens with zero attached hydrogens (tertiary/aromatic N) is 6. The van der Waals surface area contributed by atoms with Gasteiger partial charge in [0.2, 0.25) is 0 Å². The SMILES string of the molecule is C#Cc1ccc(-c2nc(-c3ccc(C#C)cn3)nc(-c3ccc(C#C)cn3)n2)nc1. The largest absolute Gasteiger partial charge is 0.252 e. The van der Waals surface area contributed by atoms with Crippen molar-refractivity contribution in [2.45, 2.75) is 0 Å². The molecule has 0 saturated carbocycles. The molecule has 0 aliphatic heterocycles. The number of aromatic nitrogens is 6. The molecule has 0 aliphatic rings. The van der Waals surface area contributed by atoms with Crippen molar-refractivity contribution in [2.75, 3.05) is 0 Å². The predicted octanol–water partition coefficient (Wildman–Crippen LogP) is 3.00. The molecular weight excluding hydrogens is 372 g/mol. The van der Waals surface area contributed by atoms with E-state index in [9.17, 15) is 0 Å². The van der Waals surface area contributed by atoms with Crippen LogP contribution in [0.5, 0.6) is 0 Å². The van der Waals surface area contributed by atoms with Crippen LogP contribution >= 0.6 is 0 Å². The van der Waals surface area contributed by atoms with Crippen LogP contribution < -0.4 is 0 Å². The van der Waals surface area contributed by atoms with Crippen LogP contribution in [0.4, 0.5) is 0 Å². The first-order chi connectivity index (χ1) is 14.7. The summed E-state index contributed by atoms with van der Waals surface area (Å²) in [6, 6.07) is 10.6. The van der Waals surface area contributed by atoms with Crippen molar-refractivity contribution in [3.8, 4) is 71.6 Å². The molecule has 4 heterocycles. The van der Waals surface area contributed by atoms with Gasteiger partial charge in [-0.3, -0.25) is 15.0 Å². The Labute approximate surface area is 173 Å². The molecule has 4 rings (SSSR count). The van der Waals surface area contributed by atoms with Crippen molar-refractivity contribution in [3.63, 3.8) is 0 Å². The van der Waals surface area contributed by atoms with Gasteiger partial charge in [-0.05, 0) is 36.4 Å².